The van der Waals surface area contributed by atoms with Gasteiger partial charge >= 0.3 is 0 Å². The normalized spacial score (nSPS) is 11.3. The summed E-state index contributed by atoms with van der Waals surface area (Å²) in [6.07, 6.45) is 3.80. The SMILES string of the molecule is C=CCSCCNC(=NC)N(C)Cc1ncc(-c2ccccc2)[nH]1. The van der Waals surface area contributed by atoms with Gasteiger partial charge in [0.05, 0.1) is 18.4 Å². The van der Waals surface area contributed by atoms with Crippen molar-refractivity contribution in [1.29, 1.82) is 0 Å². The van der Waals surface area contributed by atoms with Crippen LogP contribution in [-0.4, -0.2) is 53.0 Å². The molecule has 128 valence electrons. The van der Waals surface area contributed by atoms with Crippen LogP contribution in [0, 0.1) is 0 Å². The Morgan fingerprint density at radius 1 is 1.42 bits per heavy atom. The minimum atomic E-state index is 0.673. The molecule has 1 aromatic heterocycles. The third-order valence-corrected chi connectivity index (χ3v) is 4.40. The number of aromatic nitrogens is 2. The number of H-pyrrole nitrogens is 1. The summed E-state index contributed by atoms with van der Waals surface area (Å²) in [6.45, 7) is 5.28. The number of guanidine groups is 1. The molecule has 0 aliphatic carbocycles. The Morgan fingerprint density at radius 3 is 2.92 bits per heavy atom. The highest BCUT2D eigenvalue weighted by Crippen LogP contribution is 2.16. The second-order valence-corrected chi connectivity index (χ2v) is 6.45. The Labute approximate surface area is 148 Å². The minimum absolute atomic E-state index is 0.673. The summed E-state index contributed by atoms with van der Waals surface area (Å²) in [6, 6.07) is 10.2. The molecule has 1 heterocycles. The van der Waals surface area contributed by atoms with Gasteiger partial charge in [-0.1, -0.05) is 36.4 Å². The molecule has 0 aliphatic heterocycles. The third-order valence-electron chi connectivity index (χ3n) is 3.44. The molecule has 2 N–H and O–H groups in total. The highest BCUT2D eigenvalue weighted by molar-refractivity contribution is 7.99. The molecule has 0 atom stereocenters. The smallest absolute Gasteiger partial charge is 0.193 e. The van der Waals surface area contributed by atoms with Gasteiger partial charge in [0.2, 0.25) is 0 Å². The summed E-state index contributed by atoms with van der Waals surface area (Å²) in [5, 5.41) is 3.37. The molecule has 0 radical (unpaired) electrons. The topological polar surface area (TPSA) is 56.3 Å². The number of imidazole rings is 1. The van der Waals surface area contributed by atoms with E-state index in [0.29, 0.717) is 6.54 Å². The van der Waals surface area contributed by atoms with E-state index in [0.717, 1.165) is 41.1 Å². The zero-order valence-corrected chi connectivity index (χ0v) is 15.1. The lowest BCUT2D eigenvalue weighted by Crippen LogP contribution is -2.39. The van der Waals surface area contributed by atoms with Crippen molar-refractivity contribution in [2.75, 3.05) is 32.1 Å². The Bertz CT molecular complexity index is 650. The van der Waals surface area contributed by atoms with Crippen LogP contribution in [-0.2, 0) is 6.54 Å². The van der Waals surface area contributed by atoms with E-state index in [4.69, 9.17) is 0 Å². The number of hydrogen-bond acceptors (Lipinski definition) is 3. The van der Waals surface area contributed by atoms with E-state index in [1.807, 2.05) is 49.3 Å². The molecule has 2 aromatic rings. The van der Waals surface area contributed by atoms with Crippen LogP contribution >= 0.6 is 11.8 Å². The first-order valence-electron chi connectivity index (χ1n) is 7.94. The van der Waals surface area contributed by atoms with Crippen LogP contribution in [0.15, 0.2) is 54.2 Å². The molecule has 1 aromatic carbocycles. The molecule has 6 heteroatoms. The van der Waals surface area contributed by atoms with Gasteiger partial charge in [-0.25, -0.2) is 4.98 Å². The molecule has 2 rings (SSSR count). The Morgan fingerprint density at radius 2 is 2.21 bits per heavy atom. The van der Waals surface area contributed by atoms with Crippen molar-refractivity contribution in [1.82, 2.24) is 20.2 Å². The number of hydrogen-bond donors (Lipinski definition) is 2. The molecular formula is C18H25N5S. The van der Waals surface area contributed by atoms with Gasteiger partial charge in [-0.05, 0) is 5.56 Å². The van der Waals surface area contributed by atoms with E-state index in [1.165, 1.54) is 0 Å². The number of nitrogens with one attached hydrogen (secondary N) is 2. The molecule has 0 fully saturated rings. The number of aliphatic imine (C=N–C) groups is 1. The van der Waals surface area contributed by atoms with Crippen molar-refractivity contribution in [3.05, 3.63) is 55.0 Å². The lowest BCUT2D eigenvalue weighted by Gasteiger charge is -2.21. The zero-order chi connectivity index (χ0) is 17.2. The first-order chi connectivity index (χ1) is 11.7. The van der Waals surface area contributed by atoms with Crippen LogP contribution in [0.2, 0.25) is 0 Å². The minimum Gasteiger partial charge on any atom is -0.355 e. The van der Waals surface area contributed by atoms with Gasteiger partial charge in [-0.2, -0.15) is 11.8 Å². The lowest BCUT2D eigenvalue weighted by molar-refractivity contribution is 0.466. The van der Waals surface area contributed by atoms with Gasteiger partial charge in [0.15, 0.2) is 5.96 Å². The Hall–Kier alpha value is -2.21. The molecule has 0 unspecified atom stereocenters. The van der Waals surface area contributed by atoms with Crippen LogP contribution < -0.4 is 5.32 Å². The molecule has 0 aliphatic rings. The molecule has 0 bridgehead atoms. The standard InChI is InChI=1S/C18H25N5S/c1-4-11-24-12-10-20-18(19-2)23(3)14-17-21-13-16(22-17)15-8-6-5-7-9-15/h4-9,13H,1,10-12,14H2,2-3H3,(H,19,20)(H,21,22). The highest BCUT2D eigenvalue weighted by Gasteiger charge is 2.09. The molecule has 0 saturated heterocycles. The number of benzene rings is 1. The van der Waals surface area contributed by atoms with Gasteiger partial charge in [0.1, 0.15) is 5.82 Å². The number of thioether (sulfide) groups is 1. The van der Waals surface area contributed by atoms with Gasteiger partial charge in [-0.3, -0.25) is 4.99 Å². The lowest BCUT2D eigenvalue weighted by atomic mass is 10.2. The largest absolute Gasteiger partial charge is 0.355 e. The Balaban J connectivity index is 1.87. The number of nitrogens with zero attached hydrogens (tertiary/aromatic N) is 3. The van der Waals surface area contributed by atoms with Crippen LogP contribution in [0.1, 0.15) is 5.82 Å². The summed E-state index contributed by atoms with van der Waals surface area (Å²) >= 11 is 1.85. The Kier molecular flexibility index (Phi) is 7.42. The fourth-order valence-corrected chi connectivity index (χ4v) is 2.87. The fraction of sp³-hybridized carbons (Fsp3) is 0.333. The van der Waals surface area contributed by atoms with E-state index in [-0.39, 0.29) is 0 Å². The molecular weight excluding hydrogens is 318 g/mol. The predicted molar refractivity (Wildman–Crippen MR) is 104 cm³/mol. The molecule has 5 nitrogen and oxygen atoms in total. The van der Waals surface area contributed by atoms with E-state index < -0.39 is 0 Å². The van der Waals surface area contributed by atoms with Crippen molar-refractivity contribution in [2.24, 2.45) is 4.99 Å². The molecule has 0 spiro atoms. The van der Waals surface area contributed by atoms with Gasteiger partial charge < -0.3 is 15.2 Å². The van der Waals surface area contributed by atoms with Gasteiger partial charge in [-0.15, -0.1) is 6.58 Å². The predicted octanol–water partition coefficient (Wildman–Crippen LogP) is 3.00. The van der Waals surface area contributed by atoms with Crippen molar-refractivity contribution < 1.29 is 0 Å². The average molecular weight is 344 g/mol. The summed E-state index contributed by atoms with van der Waals surface area (Å²) in [5.41, 5.74) is 2.17. The maximum atomic E-state index is 4.47. The second-order valence-electron chi connectivity index (χ2n) is 5.30. The maximum Gasteiger partial charge on any atom is 0.193 e. The van der Waals surface area contributed by atoms with E-state index in [9.17, 15) is 0 Å². The molecule has 24 heavy (non-hydrogen) atoms. The first kappa shape index (κ1) is 18.1. The number of aromatic amines is 1. The first-order valence-corrected chi connectivity index (χ1v) is 9.09. The average Bonchev–Trinajstić information content (AvgIpc) is 3.07. The van der Waals surface area contributed by atoms with Crippen molar-refractivity contribution >= 4 is 17.7 Å². The van der Waals surface area contributed by atoms with Crippen LogP contribution in [0.4, 0.5) is 0 Å². The summed E-state index contributed by atoms with van der Waals surface area (Å²) in [5.74, 6) is 3.79. The summed E-state index contributed by atoms with van der Waals surface area (Å²) in [7, 11) is 3.81. The maximum absolute atomic E-state index is 4.47. The van der Waals surface area contributed by atoms with E-state index in [2.05, 4.69) is 43.9 Å². The van der Waals surface area contributed by atoms with Crippen molar-refractivity contribution in [3.8, 4) is 11.3 Å². The zero-order valence-electron chi connectivity index (χ0n) is 14.3. The van der Waals surface area contributed by atoms with E-state index in [1.54, 1.807) is 7.05 Å². The molecule has 0 amide bonds. The monoisotopic (exact) mass is 343 g/mol. The summed E-state index contributed by atoms with van der Waals surface area (Å²) in [4.78, 5) is 14.2. The van der Waals surface area contributed by atoms with Gasteiger partial charge in [0.25, 0.3) is 0 Å². The quantitative estimate of drug-likeness (QED) is 0.335. The highest BCUT2D eigenvalue weighted by atomic mass is 32.2. The second kappa shape index (κ2) is 9.82. The van der Waals surface area contributed by atoms with Crippen molar-refractivity contribution in [2.45, 2.75) is 6.54 Å². The van der Waals surface area contributed by atoms with Gasteiger partial charge in [0, 0.05) is 32.1 Å². The van der Waals surface area contributed by atoms with Crippen LogP contribution in [0.3, 0.4) is 0 Å². The van der Waals surface area contributed by atoms with Crippen molar-refractivity contribution in [3.63, 3.8) is 0 Å². The third kappa shape index (κ3) is 5.45. The molecule has 0 saturated carbocycles. The summed E-state index contributed by atoms with van der Waals surface area (Å²) < 4.78 is 0. The van der Waals surface area contributed by atoms with Crippen LogP contribution in [0.5, 0.6) is 0 Å². The van der Waals surface area contributed by atoms with Crippen LogP contribution in [0.25, 0.3) is 11.3 Å². The fourth-order valence-electron chi connectivity index (χ4n) is 2.29. The van der Waals surface area contributed by atoms with E-state index >= 15 is 0 Å². The number of rotatable bonds is 8.